The first-order chi connectivity index (χ1) is 9.83. The Morgan fingerprint density at radius 2 is 2.19 bits per heavy atom. The lowest BCUT2D eigenvalue weighted by Gasteiger charge is -2.28. The zero-order chi connectivity index (χ0) is 16.2. The van der Waals surface area contributed by atoms with E-state index in [2.05, 4.69) is 0 Å². The number of hydrogen-bond donors (Lipinski definition) is 1. The highest BCUT2D eigenvalue weighted by atomic mass is 32.2. The number of hydrogen-bond acceptors (Lipinski definition) is 5. The Kier molecular flexibility index (Phi) is 5.95. The van der Waals surface area contributed by atoms with Crippen LogP contribution in [0.3, 0.4) is 0 Å². The van der Waals surface area contributed by atoms with Crippen LogP contribution in [0.4, 0.5) is 15.8 Å². The Bertz CT molecular complexity index is 553. The molecule has 0 bridgehead atoms. The van der Waals surface area contributed by atoms with E-state index < -0.39 is 28.0 Å². The van der Waals surface area contributed by atoms with Crippen molar-refractivity contribution in [1.82, 2.24) is 0 Å². The summed E-state index contributed by atoms with van der Waals surface area (Å²) in [5, 5.41) is 20.1. The number of aromatic carboxylic acids is 1. The van der Waals surface area contributed by atoms with E-state index >= 15 is 0 Å². The molecule has 0 saturated carbocycles. The van der Waals surface area contributed by atoms with Gasteiger partial charge in [0.05, 0.1) is 16.6 Å². The minimum atomic E-state index is -1.45. The molecule has 0 heterocycles. The minimum absolute atomic E-state index is 0.00851. The lowest BCUT2D eigenvalue weighted by Crippen LogP contribution is -2.33. The van der Waals surface area contributed by atoms with Crippen LogP contribution >= 0.6 is 11.8 Å². The van der Waals surface area contributed by atoms with Crippen LogP contribution in [-0.2, 0) is 0 Å². The number of rotatable bonds is 7. The maximum absolute atomic E-state index is 13.6. The number of carboxylic acid groups (broad SMARTS) is 1. The fourth-order valence-electron chi connectivity index (χ4n) is 2.04. The minimum Gasteiger partial charge on any atom is -0.478 e. The zero-order valence-corrected chi connectivity index (χ0v) is 12.8. The Labute approximate surface area is 126 Å². The van der Waals surface area contributed by atoms with Crippen molar-refractivity contribution in [3.8, 4) is 0 Å². The zero-order valence-electron chi connectivity index (χ0n) is 12.0. The van der Waals surface area contributed by atoms with Crippen molar-refractivity contribution >= 4 is 29.1 Å². The van der Waals surface area contributed by atoms with Gasteiger partial charge in [0, 0.05) is 18.8 Å². The molecule has 8 heteroatoms. The van der Waals surface area contributed by atoms with E-state index in [1.807, 2.05) is 13.2 Å². The van der Waals surface area contributed by atoms with Gasteiger partial charge in [0.2, 0.25) is 0 Å². The molecule has 0 aliphatic carbocycles. The van der Waals surface area contributed by atoms with Crippen LogP contribution in [0.2, 0.25) is 0 Å². The van der Waals surface area contributed by atoms with E-state index in [0.717, 1.165) is 18.2 Å². The van der Waals surface area contributed by atoms with Gasteiger partial charge in [-0.2, -0.15) is 11.8 Å². The number of thioether (sulfide) groups is 1. The normalized spacial score (nSPS) is 12.0. The maximum Gasteiger partial charge on any atom is 0.338 e. The third kappa shape index (κ3) is 3.84. The molecule has 0 radical (unpaired) electrons. The molecule has 116 valence electrons. The lowest BCUT2D eigenvalue weighted by atomic mass is 10.1. The number of carboxylic acids is 1. The summed E-state index contributed by atoms with van der Waals surface area (Å²) in [6.07, 6.45) is 2.65. The Morgan fingerprint density at radius 3 is 2.62 bits per heavy atom. The molecule has 6 nitrogen and oxygen atoms in total. The highest BCUT2D eigenvalue weighted by molar-refractivity contribution is 7.98. The standard InChI is InChI=1S/C13H17FN2O4S/c1-4-8(7-21-3)15(2)11-5-9(13(17)18)10(14)6-12(11)16(19)20/h5-6,8H,4,7H2,1-3H3,(H,17,18). The van der Waals surface area contributed by atoms with Crippen molar-refractivity contribution in [2.45, 2.75) is 19.4 Å². The average molecular weight is 316 g/mol. The first-order valence-corrected chi connectivity index (χ1v) is 7.65. The van der Waals surface area contributed by atoms with E-state index in [1.54, 1.807) is 23.7 Å². The van der Waals surface area contributed by atoms with E-state index in [9.17, 15) is 19.3 Å². The van der Waals surface area contributed by atoms with Crippen molar-refractivity contribution in [2.24, 2.45) is 0 Å². The quantitative estimate of drug-likeness (QED) is 0.615. The van der Waals surface area contributed by atoms with Crippen LogP contribution in [0.5, 0.6) is 0 Å². The van der Waals surface area contributed by atoms with Crippen LogP contribution in [0.15, 0.2) is 12.1 Å². The molecule has 1 unspecified atom stereocenters. The van der Waals surface area contributed by atoms with Crippen molar-refractivity contribution in [2.75, 3.05) is 24.0 Å². The van der Waals surface area contributed by atoms with Gasteiger partial charge < -0.3 is 10.0 Å². The highest BCUT2D eigenvalue weighted by Crippen LogP contribution is 2.32. The van der Waals surface area contributed by atoms with Gasteiger partial charge in [-0.05, 0) is 18.7 Å². The molecule has 0 spiro atoms. The van der Waals surface area contributed by atoms with Crippen molar-refractivity contribution in [3.63, 3.8) is 0 Å². The molecule has 1 aromatic rings. The van der Waals surface area contributed by atoms with Crippen molar-refractivity contribution in [1.29, 1.82) is 0 Å². The van der Waals surface area contributed by atoms with Gasteiger partial charge in [-0.25, -0.2) is 9.18 Å². The van der Waals surface area contributed by atoms with Gasteiger partial charge in [0.1, 0.15) is 11.5 Å². The van der Waals surface area contributed by atoms with E-state index in [-0.39, 0.29) is 11.7 Å². The highest BCUT2D eigenvalue weighted by Gasteiger charge is 2.26. The van der Waals surface area contributed by atoms with Crippen molar-refractivity contribution in [3.05, 3.63) is 33.6 Å². The Morgan fingerprint density at radius 1 is 1.57 bits per heavy atom. The smallest absolute Gasteiger partial charge is 0.338 e. The van der Waals surface area contributed by atoms with Gasteiger partial charge in [-0.15, -0.1) is 0 Å². The summed E-state index contributed by atoms with van der Waals surface area (Å²) < 4.78 is 13.6. The summed E-state index contributed by atoms with van der Waals surface area (Å²) in [5.74, 6) is -1.83. The number of nitrogens with zero attached hydrogens (tertiary/aromatic N) is 2. The average Bonchev–Trinajstić information content (AvgIpc) is 2.43. The number of carbonyl (C=O) groups is 1. The van der Waals surface area contributed by atoms with Crippen LogP contribution in [0.1, 0.15) is 23.7 Å². The fourth-order valence-corrected chi connectivity index (χ4v) is 2.88. The Hall–Kier alpha value is -1.83. The Balaban J connectivity index is 3.40. The first-order valence-electron chi connectivity index (χ1n) is 6.26. The number of halogens is 1. The van der Waals surface area contributed by atoms with E-state index in [1.165, 1.54) is 0 Å². The van der Waals surface area contributed by atoms with Gasteiger partial charge in [-0.1, -0.05) is 6.92 Å². The molecule has 0 saturated heterocycles. The summed E-state index contributed by atoms with van der Waals surface area (Å²) in [5.41, 5.74) is -0.888. The molecule has 0 aliphatic heterocycles. The second-order valence-electron chi connectivity index (χ2n) is 4.51. The second kappa shape index (κ2) is 7.26. The first kappa shape index (κ1) is 17.2. The molecular formula is C13H17FN2O4S. The lowest BCUT2D eigenvalue weighted by molar-refractivity contribution is -0.384. The van der Waals surface area contributed by atoms with Gasteiger partial charge >= 0.3 is 5.97 Å². The van der Waals surface area contributed by atoms with Crippen molar-refractivity contribution < 1.29 is 19.2 Å². The topological polar surface area (TPSA) is 83.7 Å². The summed E-state index contributed by atoms with van der Waals surface area (Å²) in [6, 6.07) is 1.69. The van der Waals surface area contributed by atoms with Crippen LogP contribution in [-0.4, -0.2) is 41.1 Å². The molecule has 1 atom stereocenters. The number of benzene rings is 1. The SMILES string of the molecule is CCC(CSC)N(C)c1cc(C(=O)O)c(F)cc1[N+](=O)[O-]. The monoisotopic (exact) mass is 316 g/mol. The molecule has 21 heavy (non-hydrogen) atoms. The molecule has 1 aromatic carbocycles. The van der Waals surface area contributed by atoms with E-state index in [0.29, 0.717) is 6.07 Å². The summed E-state index contributed by atoms with van der Waals surface area (Å²) in [6.45, 7) is 1.94. The molecular weight excluding hydrogens is 299 g/mol. The summed E-state index contributed by atoms with van der Waals surface area (Å²) in [4.78, 5) is 23.0. The largest absolute Gasteiger partial charge is 0.478 e. The van der Waals surface area contributed by atoms with Crippen LogP contribution < -0.4 is 4.90 Å². The molecule has 0 aromatic heterocycles. The predicted octanol–water partition coefficient (Wildman–Crippen LogP) is 3.01. The van der Waals surface area contributed by atoms with Gasteiger partial charge in [0.25, 0.3) is 5.69 Å². The van der Waals surface area contributed by atoms with Gasteiger partial charge in [-0.3, -0.25) is 10.1 Å². The van der Waals surface area contributed by atoms with Crippen LogP contribution in [0, 0.1) is 15.9 Å². The molecule has 1 N–H and O–H groups in total. The van der Waals surface area contributed by atoms with Gasteiger partial charge in [0.15, 0.2) is 0 Å². The molecule has 1 rings (SSSR count). The third-order valence-corrected chi connectivity index (χ3v) is 3.97. The van der Waals surface area contributed by atoms with E-state index in [4.69, 9.17) is 5.11 Å². The van der Waals surface area contributed by atoms with Crippen LogP contribution in [0.25, 0.3) is 0 Å². The molecule has 0 amide bonds. The second-order valence-corrected chi connectivity index (χ2v) is 5.42. The third-order valence-electron chi connectivity index (χ3n) is 3.25. The summed E-state index contributed by atoms with van der Waals surface area (Å²) >= 11 is 1.58. The molecule has 0 fully saturated rings. The number of nitro groups is 1. The number of anilines is 1. The fraction of sp³-hybridized carbons (Fsp3) is 0.462. The number of nitro benzene ring substituents is 1. The predicted molar refractivity (Wildman–Crippen MR) is 80.9 cm³/mol. The maximum atomic E-state index is 13.6. The molecule has 0 aliphatic rings. The summed E-state index contributed by atoms with van der Waals surface area (Å²) in [7, 11) is 1.65.